The molecule has 0 bridgehead atoms. The molecule has 4 atom stereocenters. The number of fused-ring (bicyclic) bond motifs is 6. The first-order chi connectivity index (χ1) is 22.5. The van der Waals surface area contributed by atoms with Crippen molar-refractivity contribution in [1.29, 1.82) is 0 Å². The third kappa shape index (κ3) is 4.82. The number of likely N-dealkylation sites (tertiary alicyclic amines) is 2. The molecule has 0 radical (unpaired) electrons. The fraction of sp³-hybridized carbons (Fsp3) is 0.375. The molecule has 3 aromatic rings. The third-order valence-corrected chi connectivity index (χ3v) is 10.9. The summed E-state index contributed by atoms with van der Waals surface area (Å²) < 4.78 is 73.1. The van der Waals surface area contributed by atoms with Crippen LogP contribution in [0.2, 0.25) is 0 Å². The zero-order valence-corrected chi connectivity index (χ0v) is 26.3. The van der Waals surface area contributed by atoms with Gasteiger partial charge in [0, 0.05) is 13.1 Å². The van der Waals surface area contributed by atoms with Crippen molar-refractivity contribution in [2.24, 2.45) is 10.2 Å². The number of carbonyl (C=O) groups excluding carboxylic acids is 2. The fourth-order valence-electron chi connectivity index (χ4n) is 7.85. The molecule has 3 aromatic carbocycles. The fourth-order valence-corrected chi connectivity index (χ4v) is 9.06. The predicted molar refractivity (Wildman–Crippen MR) is 162 cm³/mol. The summed E-state index contributed by atoms with van der Waals surface area (Å²) in [6.45, 7) is 0.575. The second kappa shape index (κ2) is 11.3. The number of azo groups is 1. The smallest absolute Gasteiger partial charge is 0.409 e. The lowest BCUT2D eigenvalue weighted by atomic mass is 9.89. The number of benzene rings is 3. The van der Waals surface area contributed by atoms with Gasteiger partial charge in [-0.25, -0.2) is 18.4 Å². The molecule has 2 heterocycles. The number of para-hydroxylation sites is 1. The molecule has 2 aliphatic carbocycles. The Morgan fingerprint density at radius 3 is 2.21 bits per heavy atom. The predicted octanol–water partition coefficient (Wildman–Crippen LogP) is 4.85. The number of amides is 2. The molecule has 7 rings (SSSR count). The Balaban J connectivity index is 1.28. The van der Waals surface area contributed by atoms with Crippen LogP contribution >= 0.6 is 0 Å². The number of nitrogens with one attached hydrogen (secondary N) is 1. The maximum atomic E-state index is 14.4. The number of hydrogen-bond donors (Lipinski definition) is 1. The summed E-state index contributed by atoms with van der Waals surface area (Å²) in [5.74, 6) is -3.45. The van der Waals surface area contributed by atoms with E-state index in [0.29, 0.717) is 36.2 Å². The second-order valence-corrected chi connectivity index (χ2v) is 13.3. The summed E-state index contributed by atoms with van der Waals surface area (Å²) in [5.41, 5.74) is 1.40. The van der Waals surface area contributed by atoms with Gasteiger partial charge >= 0.3 is 22.5 Å². The van der Waals surface area contributed by atoms with E-state index in [9.17, 15) is 26.8 Å². The molecule has 0 unspecified atom stereocenters. The highest BCUT2D eigenvalue weighted by molar-refractivity contribution is 7.85. The van der Waals surface area contributed by atoms with Crippen molar-refractivity contribution >= 4 is 28.2 Å². The summed E-state index contributed by atoms with van der Waals surface area (Å²) >= 11 is 0. The zero-order chi connectivity index (χ0) is 33.1. The van der Waals surface area contributed by atoms with Crippen LogP contribution in [0.15, 0.2) is 70.9 Å². The van der Waals surface area contributed by atoms with Crippen molar-refractivity contribution < 1.29 is 40.4 Å². The standard InChI is InChI=1S/C32H31F2N5O7S/c1-44-29(40)38-15-13-31(21-8-4-3-7-19(21)17-26(31)38)36-35-25-12-5-9-22-20(25)18-27-32(22,14-16-39(27)30(41)45-2)37-47(42,43)46-28-23(33)10-6-11-24(28)34/h3-12,26-27,37H,13-18H2,1-2H3/t26-,27-,31-,32-/m0/s1. The Bertz CT molecular complexity index is 1910. The number of rotatable bonds is 6. The molecule has 15 heteroatoms. The Labute approximate surface area is 269 Å². The van der Waals surface area contributed by atoms with E-state index in [-0.39, 0.29) is 25.4 Å². The van der Waals surface area contributed by atoms with Crippen molar-refractivity contribution in [3.8, 4) is 5.75 Å². The lowest BCUT2D eigenvalue weighted by molar-refractivity contribution is 0.111. The average Bonchev–Trinajstić information content (AvgIpc) is 3.77. The Morgan fingerprint density at radius 1 is 0.851 bits per heavy atom. The molecule has 0 aromatic heterocycles. The van der Waals surface area contributed by atoms with Gasteiger partial charge < -0.3 is 23.5 Å². The number of carbonyl (C=O) groups is 2. The van der Waals surface area contributed by atoms with Gasteiger partial charge in [0.05, 0.1) is 37.5 Å². The van der Waals surface area contributed by atoms with Crippen molar-refractivity contribution in [2.75, 3.05) is 27.3 Å². The molecule has 1 N–H and O–H groups in total. The lowest BCUT2D eigenvalue weighted by Gasteiger charge is -2.32. The molecule has 12 nitrogen and oxygen atoms in total. The maximum absolute atomic E-state index is 14.4. The minimum absolute atomic E-state index is 0.121. The number of methoxy groups -OCH3 is 2. The first-order valence-corrected chi connectivity index (χ1v) is 16.4. The van der Waals surface area contributed by atoms with Crippen LogP contribution in [0, 0.1) is 11.6 Å². The minimum Gasteiger partial charge on any atom is -0.453 e. The SMILES string of the molecule is COC(=O)N1CC[C@]2(N=Nc3cccc4c3C[C@@H]3N(C(=O)OC)CC[C@]43NS(=O)(=O)Oc3c(F)cccc3F)c3ccccc3C[C@H]12. The molecular weight excluding hydrogens is 636 g/mol. The van der Waals surface area contributed by atoms with Crippen LogP contribution in [-0.4, -0.2) is 69.8 Å². The van der Waals surface area contributed by atoms with E-state index in [2.05, 4.69) is 4.72 Å². The van der Waals surface area contributed by atoms with E-state index in [1.165, 1.54) is 19.1 Å². The van der Waals surface area contributed by atoms with Gasteiger partial charge in [-0.1, -0.05) is 42.5 Å². The molecule has 2 fully saturated rings. The quantitative estimate of drug-likeness (QED) is 0.371. The second-order valence-electron chi connectivity index (χ2n) is 12.0. The third-order valence-electron chi connectivity index (χ3n) is 9.85. The van der Waals surface area contributed by atoms with Crippen LogP contribution in [-0.2, 0) is 43.7 Å². The largest absolute Gasteiger partial charge is 0.453 e. The Hall–Kier alpha value is -4.63. The first kappa shape index (κ1) is 31.0. The Morgan fingerprint density at radius 2 is 1.49 bits per heavy atom. The lowest BCUT2D eigenvalue weighted by Crippen LogP contribution is -2.53. The van der Waals surface area contributed by atoms with Gasteiger partial charge in [-0.3, -0.25) is 0 Å². The highest BCUT2D eigenvalue weighted by atomic mass is 32.2. The summed E-state index contributed by atoms with van der Waals surface area (Å²) in [6.07, 6.45) is 0.303. The maximum Gasteiger partial charge on any atom is 0.409 e. The Kier molecular flexibility index (Phi) is 7.43. The molecule has 2 saturated heterocycles. The van der Waals surface area contributed by atoms with E-state index in [1.54, 1.807) is 23.1 Å². The number of ether oxygens (including phenoxy) is 2. The van der Waals surface area contributed by atoms with Crippen molar-refractivity contribution in [3.05, 3.63) is 94.6 Å². The van der Waals surface area contributed by atoms with E-state index in [1.807, 2.05) is 24.3 Å². The summed E-state index contributed by atoms with van der Waals surface area (Å²) in [4.78, 5) is 28.6. The average molecular weight is 668 g/mol. The topological polar surface area (TPSA) is 139 Å². The van der Waals surface area contributed by atoms with E-state index < -0.39 is 57.0 Å². The van der Waals surface area contributed by atoms with Crippen LogP contribution in [0.4, 0.5) is 24.1 Å². The highest BCUT2D eigenvalue weighted by Crippen LogP contribution is 2.52. The monoisotopic (exact) mass is 667 g/mol. The van der Waals surface area contributed by atoms with Gasteiger partial charge in [0.2, 0.25) is 5.75 Å². The van der Waals surface area contributed by atoms with Crippen LogP contribution < -0.4 is 8.91 Å². The van der Waals surface area contributed by atoms with Gasteiger partial charge in [-0.2, -0.15) is 23.4 Å². The number of hydrogen-bond acceptors (Lipinski definition) is 9. The van der Waals surface area contributed by atoms with Crippen molar-refractivity contribution in [3.63, 3.8) is 0 Å². The van der Waals surface area contributed by atoms with Crippen molar-refractivity contribution in [2.45, 2.75) is 48.8 Å². The normalized spacial score (nSPS) is 25.8. The first-order valence-electron chi connectivity index (χ1n) is 15.0. The number of halogens is 2. The molecule has 4 aliphatic rings. The minimum atomic E-state index is -4.84. The molecule has 0 spiro atoms. The molecular formula is C32H31F2N5O7S. The molecule has 2 aliphatic heterocycles. The van der Waals surface area contributed by atoms with E-state index in [0.717, 1.165) is 29.3 Å². The molecule has 0 saturated carbocycles. The van der Waals surface area contributed by atoms with E-state index in [4.69, 9.17) is 23.9 Å². The van der Waals surface area contributed by atoms with Crippen LogP contribution in [0.1, 0.15) is 35.1 Å². The number of nitrogens with zero attached hydrogens (tertiary/aromatic N) is 4. The van der Waals surface area contributed by atoms with Crippen LogP contribution in [0.25, 0.3) is 0 Å². The van der Waals surface area contributed by atoms with Crippen LogP contribution in [0.5, 0.6) is 5.75 Å². The van der Waals surface area contributed by atoms with Gasteiger partial charge in [0.15, 0.2) is 11.6 Å². The van der Waals surface area contributed by atoms with Crippen molar-refractivity contribution in [1.82, 2.24) is 14.5 Å². The summed E-state index contributed by atoms with van der Waals surface area (Å²) in [7, 11) is -2.27. The highest BCUT2D eigenvalue weighted by Gasteiger charge is 2.59. The van der Waals surface area contributed by atoms with Crippen LogP contribution in [0.3, 0.4) is 0 Å². The van der Waals surface area contributed by atoms with Gasteiger partial charge in [-0.05, 0) is 66.1 Å². The zero-order valence-electron chi connectivity index (χ0n) is 25.5. The van der Waals surface area contributed by atoms with Gasteiger partial charge in [0.1, 0.15) is 5.54 Å². The van der Waals surface area contributed by atoms with Gasteiger partial charge in [-0.15, -0.1) is 0 Å². The molecule has 246 valence electrons. The van der Waals surface area contributed by atoms with E-state index >= 15 is 0 Å². The van der Waals surface area contributed by atoms with Gasteiger partial charge in [0.25, 0.3) is 0 Å². The molecule has 2 amide bonds. The molecule has 47 heavy (non-hydrogen) atoms. The summed E-state index contributed by atoms with van der Waals surface area (Å²) in [6, 6.07) is 14.8. The summed E-state index contributed by atoms with van der Waals surface area (Å²) in [5, 5.41) is 9.68.